The van der Waals surface area contributed by atoms with Crippen molar-refractivity contribution in [3.8, 4) is 0 Å². The Bertz CT molecular complexity index is 492. The van der Waals surface area contributed by atoms with Gasteiger partial charge in [-0.05, 0) is 42.2 Å². The average Bonchev–Trinajstić information content (AvgIpc) is 2.50. The molecule has 1 aliphatic carbocycles. The third-order valence-electron chi connectivity index (χ3n) is 5.63. The van der Waals surface area contributed by atoms with E-state index < -0.39 is 0 Å². The van der Waals surface area contributed by atoms with Crippen LogP contribution in [-0.4, -0.2) is 35.2 Å². The van der Waals surface area contributed by atoms with Gasteiger partial charge < -0.3 is 10.4 Å². The van der Waals surface area contributed by atoms with Crippen LogP contribution in [0.1, 0.15) is 50.7 Å². The molecule has 0 amide bonds. The van der Waals surface area contributed by atoms with Gasteiger partial charge in [0.05, 0.1) is 6.10 Å². The number of nitrogens with one attached hydrogen (secondary N) is 1. The second-order valence-corrected chi connectivity index (χ2v) is 7.74. The first-order valence-electron chi connectivity index (χ1n) is 8.75. The fourth-order valence-corrected chi connectivity index (χ4v) is 3.68. The molecule has 1 atom stereocenters. The molecule has 2 fully saturated rings. The molecular formula is C19H30N2O. The van der Waals surface area contributed by atoms with Gasteiger partial charge in [-0.3, -0.25) is 4.90 Å². The molecule has 3 heteroatoms. The normalized spacial score (nSPS) is 25.9. The van der Waals surface area contributed by atoms with E-state index in [1.54, 1.807) is 0 Å². The maximum Gasteiger partial charge on any atom is 0.0564 e. The highest BCUT2D eigenvalue weighted by Crippen LogP contribution is 2.40. The SMILES string of the molecule is CC1(C)CCC1NCc1ccccc1CN1CCC(O)CC1. The Balaban J connectivity index is 1.58. The zero-order chi connectivity index (χ0) is 15.6. The van der Waals surface area contributed by atoms with Gasteiger partial charge in [0.1, 0.15) is 0 Å². The summed E-state index contributed by atoms with van der Waals surface area (Å²) in [5.41, 5.74) is 3.32. The van der Waals surface area contributed by atoms with Crippen molar-refractivity contribution in [1.29, 1.82) is 0 Å². The number of rotatable bonds is 5. The highest BCUT2D eigenvalue weighted by Gasteiger charge is 2.37. The molecule has 122 valence electrons. The molecule has 0 radical (unpaired) electrons. The van der Waals surface area contributed by atoms with Crippen LogP contribution in [0.15, 0.2) is 24.3 Å². The Hall–Kier alpha value is -0.900. The van der Waals surface area contributed by atoms with Gasteiger partial charge in [-0.25, -0.2) is 0 Å². The molecule has 2 N–H and O–H groups in total. The first-order valence-corrected chi connectivity index (χ1v) is 8.75. The Kier molecular flexibility index (Phi) is 4.86. The van der Waals surface area contributed by atoms with E-state index in [-0.39, 0.29) is 6.10 Å². The van der Waals surface area contributed by atoms with E-state index in [1.165, 1.54) is 24.0 Å². The number of piperidine rings is 1. The van der Waals surface area contributed by atoms with Gasteiger partial charge in [0.2, 0.25) is 0 Å². The molecular weight excluding hydrogens is 272 g/mol. The molecule has 0 spiro atoms. The Labute approximate surface area is 134 Å². The van der Waals surface area contributed by atoms with E-state index in [2.05, 4.69) is 48.3 Å². The van der Waals surface area contributed by atoms with Crippen molar-refractivity contribution in [1.82, 2.24) is 10.2 Å². The molecule has 1 heterocycles. The standard InChI is InChI=1S/C19H30N2O/c1-19(2)10-7-18(19)20-13-15-5-3-4-6-16(15)14-21-11-8-17(22)9-12-21/h3-6,17-18,20,22H,7-14H2,1-2H3. The number of hydrogen-bond donors (Lipinski definition) is 2. The van der Waals surface area contributed by atoms with Crippen LogP contribution in [0.2, 0.25) is 0 Å². The summed E-state index contributed by atoms with van der Waals surface area (Å²) in [4.78, 5) is 2.47. The van der Waals surface area contributed by atoms with E-state index in [1.807, 2.05) is 0 Å². The van der Waals surface area contributed by atoms with Crippen molar-refractivity contribution in [2.45, 2.75) is 64.8 Å². The van der Waals surface area contributed by atoms with Gasteiger partial charge in [-0.15, -0.1) is 0 Å². The summed E-state index contributed by atoms with van der Waals surface area (Å²) in [6, 6.07) is 9.46. The topological polar surface area (TPSA) is 35.5 Å². The van der Waals surface area contributed by atoms with Crippen molar-refractivity contribution in [3.63, 3.8) is 0 Å². The zero-order valence-corrected chi connectivity index (χ0v) is 14.0. The van der Waals surface area contributed by atoms with Gasteiger partial charge in [-0.1, -0.05) is 38.1 Å². The smallest absolute Gasteiger partial charge is 0.0564 e. The highest BCUT2D eigenvalue weighted by molar-refractivity contribution is 5.27. The summed E-state index contributed by atoms with van der Waals surface area (Å²) in [6.45, 7) is 8.73. The quantitative estimate of drug-likeness (QED) is 0.878. The molecule has 1 aromatic carbocycles. The molecule has 2 aliphatic rings. The Morgan fingerprint density at radius 2 is 1.82 bits per heavy atom. The van der Waals surface area contributed by atoms with Crippen molar-refractivity contribution >= 4 is 0 Å². The van der Waals surface area contributed by atoms with Crippen LogP contribution in [-0.2, 0) is 13.1 Å². The Morgan fingerprint density at radius 3 is 2.41 bits per heavy atom. The van der Waals surface area contributed by atoms with Gasteiger partial charge in [-0.2, -0.15) is 0 Å². The van der Waals surface area contributed by atoms with Crippen LogP contribution in [0.5, 0.6) is 0 Å². The number of benzene rings is 1. The van der Waals surface area contributed by atoms with E-state index in [0.29, 0.717) is 11.5 Å². The molecule has 22 heavy (non-hydrogen) atoms. The third kappa shape index (κ3) is 3.70. The van der Waals surface area contributed by atoms with E-state index in [0.717, 1.165) is 39.0 Å². The second-order valence-electron chi connectivity index (χ2n) is 7.74. The summed E-state index contributed by atoms with van der Waals surface area (Å²) < 4.78 is 0. The number of likely N-dealkylation sites (tertiary alicyclic amines) is 1. The minimum Gasteiger partial charge on any atom is -0.393 e. The highest BCUT2D eigenvalue weighted by atomic mass is 16.3. The molecule has 3 nitrogen and oxygen atoms in total. The van der Waals surface area contributed by atoms with Crippen LogP contribution in [0.25, 0.3) is 0 Å². The van der Waals surface area contributed by atoms with Crippen molar-refractivity contribution < 1.29 is 5.11 Å². The number of nitrogens with zero attached hydrogens (tertiary/aromatic N) is 1. The fourth-order valence-electron chi connectivity index (χ4n) is 3.68. The second kappa shape index (κ2) is 6.69. The van der Waals surface area contributed by atoms with Gasteiger partial charge >= 0.3 is 0 Å². The lowest BCUT2D eigenvalue weighted by Crippen LogP contribution is -2.49. The molecule has 3 rings (SSSR count). The van der Waals surface area contributed by atoms with Crippen LogP contribution in [0.3, 0.4) is 0 Å². The fraction of sp³-hybridized carbons (Fsp3) is 0.684. The number of aliphatic hydroxyl groups excluding tert-OH is 1. The van der Waals surface area contributed by atoms with E-state index in [4.69, 9.17) is 0 Å². The molecule has 1 aliphatic heterocycles. The van der Waals surface area contributed by atoms with Crippen LogP contribution in [0.4, 0.5) is 0 Å². The minimum atomic E-state index is -0.0889. The summed E-state index contributed by atoms with van der Waals surface area (Å²) in [5.74, 6) is 0. The summed E-state index contributed by atoms with van der Waals surface area (Å²) >= 11 is 0. The maximum atomic E-state index is 9.64. The Morgan fingerprint density at radius 1 is 1.14 bits per heavy atom. The van der Waals surface area contributed by atoms with Crippen LogP contribution < -0.4 is 5.32 Å². The molecule has 1 unspecified atom stereocenters. The molecule has 1 saturated carbocycles. The maximum absolute atomic E-state index is 9.64. The molecule has 1 aromatic rings. The van der Waals surface area contributed by atoms with Crippen molar-refractivity contribution in [2.75, 3.05) is 13.1 Å². The number of hydrogen-bond acceptors (Lipinski definition) is 3. The first kappa shape index (κ1) is 16.0. The van der Waals surface area contributed by atoms with Gasteiger partial charge in [0, 0.05) is 32.2 Å². The average molecular weight is 302 g/mol. The first-order chi connectivity index (χ1) is 10.5. The van der Waals surface area contributed by atoms with Gasteiger partial charge in [0.15, 0.2) is 0 Å². The molecule has 0 aromatic heterocycles. The largest absolute Gasteiger partial charge is 0.393 e. The van der Waals surface area contributed by atoms with Gasteiger partial charge in [0.25, 0.3) is 0 Å². The lowest BCUT2D eigenvalue weighted by atomic mass is 9.67. The molecule has 1 saturated heterocycles. The zero-order valence-electron chi connectivity index (χ0n) is 14.0. The summed E-state index contributed by atoms with van der Waals surface area (Å²) in [5, 5.41) is 13.4. The van der Waals surface area contributed by atoms with Crippen LogP contribution in [0, 0.1) is 5.41 Å². The van der Waals surface area contributed by atoms with Crippen molar-refractivity contribution in [2.24, 2.45) is 5.41 Å². The predicted octanol–water partition coefficient (Wildman–Crippen LogP) is 2.92. The lowest BCUT2D eigenvalue weighted by molar-refractivity contribution is 0.0790. The van der Waals surface area contributed by atoms with Crippen molar-refractivity contribution in [3.05, 3.63) is 35.4 Å². The lowest BCUT2D eigenvalue weighted by Gasteiger charge is -2.45. The summed E-state index contributed by atoms with van der Waals surface area (Å²) in [7, 11) is 0. The van der Waals surface area contributed by atoms with E-state index in [9.17, 15) is 5.11 Å². The van der Waals surface area contributed by atoms with E-state index >= 15 is 0 Å². The minimum absolute atomic E-state index is 0.0889. The predicted molar refractivity (Wildman–Crippen MR) is 90.6 cm³/mol. The monoisotopic (exact) mass is 302 g/mol. The molecule has 0 bridgehead atoms. The summed E-state index contributed by atoms with van der Waals surface area (Å²) in [6.07, 6.45) is 4.38. The number of aliphatic hydroxyl groups is 1. The third-order valence-corrected chi connectivity index (χ3v) is 5.63. The van der Waals surface area contributed by atoms with Crippen LogP contribution >= 0.6 is 0 Å².